The molecule has 0 fully saturated rings. The van der Waals surface area contributed by atoms with Crippen LogP contribution in [0.1, 0.15) is 13.8 Å². The van der Waals surface area contributed by atoms with Crippen molar-refractivity contribution in [2.45, 2.75) is 24.3 Å². The van der Waals surface area contributed by atoms with E-state index in [-0.39, 0.29) is 5.82 Å². The molecule has 1 aromatic rings. The van der Waals surface area contributed by atoms with Crippen molar-refractivity contribution in [1.29, 1.82) is 0 Å². The van der Waals surface area contributed by atoms with E-state index in [1.807, 2.05) is 6.07 Å². The van der Waals surface area contributed by atoms with E-state index >= 15 is 0 Å². The summed E-state index contributed by atoms with van der Waals surface area (Å²) < 4.78 is 12.7. The van der Waals surface area contributed by atoms with Crippen LogP contribution in [0.15, 0.2) is 29.2 Å². The Balaban J connectivity index is 2.55. The molecule has 0 spiro atoms. The maximum Gasteiger partial charge on any atom is 0.124 e. The van der Waals surface area contributed by atoms with Crippen LogP contribution in [0.25, 0.3) is 0 Å². The summed E-state index contributed by atoms with van der Waals surface area (Å²) in [5.41, 5.74) is -0.711. The molecule has 0 atom stereocenters. The lowest BCUT2D eigenvalue weighted by Crippen LogP contribution is -2.21. The predicted molar refractivity (Wildman–Crippen MR) is 53.4 cm³/mol. The molecule has 3 heteroatoms. The van der Waals surface area contributed by atoms with Crippen molar-refractivity contribution in [1.82, 2.24) is 0 Å². The summed E-state index contributed by atoms with van der Waals surface area (Å²) in [5, 5.41) is 9.43. The van der Waals surface area contributed by atoms with Gasteiger partial charge in [-0.2, -0.15) is 0 Å². The molecule has 0 radical (unpaired) electrons. The molecule has 1 rings (SSSR count). The number of rotatable bonds is 3. The van der Waals surface area contributed by atoms with Crippen LogP contribution in [0.2, 0.25) is 0 Å². The number of thioether (sulfide) groups is 1. The molecule has 0 aliphatic heterocycles. The van der Waals surface area contributed by atoms with Crippen molar-refractivity contribution in [3.8, 4) is 0 Å². The molecule has 72 valence electrons. The van der Waals surface area contributed by atoms with Gasteiger partial charge in [-0.3, -0.25) is 0 Å². The number of hydrogen-bond acceptors (Lipinski definition) is 2. The molecule has 1 N–H and O–H groups in total. The Kier molecular flexibility index (Phi) is 3.33. The van der Waals surface area contributed by atoms with Crippen molar-refractivity contribution < 1.29 is 9.50 Å². The van der Waals surface area contributed by atoms with Gasteiger partial charge in [-0.1, -0.05) is 6.07 Å². The quantitative estimate of drug-likeness (QED) is 0.757. The minimum Gasteiger partial charge on any atom is -0.390 e. The topological polar surface area (TPSA) is 20.2 Å². The molecular weight excluding hydrogens is 187 g/mol. The van der Waals surface area contributed by atoms with Gasteiger partial charge in [0.2, 0.25) is 0 Å². The molecule has 0 unspecified atom stereocenters. The Morgan fingerprint density at radius 3 is 2.69 bits per heavy atom. The van der Waals surface area contributed by atoms with Gasteiger partial charge < -0.3 is 5.11 Å². The highest BCUT2D eigenvalue weighted by molar-refractivity contribution is 7.99. The average Bonchev–Trinajstić information content (AvgIpc) is 2.00. The summed E-state index contributed by atoms with van der Waals surface area (Å²) in [6.07, 6.45) is 0. The Morgan fingerprint density at radius 1 is 1.46 bits per heavy atom. The van der Waals surface area contributed by atoms with Gasteiger partial charge in [-0.25, -0.2) is 4.39 Å². The van der Waals surface area contributed by atoms with Crippen LogP contribution in [0, 0.1) is 5.82 Å². The molecule has 13 heavy (non-hydrogen) atoms. The van der Waals surface area contributed by atoms with E-state index in [2.05, 4.69) is 0 Å². The standard InChI is InChI=1S/C10H13FOS/c1-10(2,12)7-13-9-5-3-4-8(11)6-9/h3-6,12H,7H2,1-2H3. The largest absolute Gasteiger partial charge is 0.390 e. The predicted octanol–water partition coefficient (Wildman–Crippen LogP) is 2.69. The second kappa shape index (κ2) is 4.11. The SMILES string of the molecule is CC(C)(O)CSc1cccc(F)c1. The number of aliphatic hydroxyl groups is 1. The van der Waals surface area contributed by atoms with Gasteiger partial charge in [0.25, 0.3) is 0 Å². The fourth-order valence-electron chi connectivity index (χ4n) is 0.817. The smallest absolute Gasteiger partial charge is 0.124 e. The number of halogens is 1. The lowest BCUT2D eigenvalue weighted by molar-refractivity contribution is 0.107. The first kappa shape index (κ1) is 10.5. The maximum absolute atomic E-state index is 12.7. The average molecular weight is 200 g/mol. The fraction of sp³-hybridized carbons (Fsp3) is 0.400. The molecule has 0 aliphatic rings. The van der Waals surface area contributed by atoms with Crippen molar-refractivity contribution in [3.05, 3.63) is 30.1 Å². The molecule has 1 nitrogen and oxygen atoms in total. The third-order valence-electron chi connectivity index (χ3n) is 1.39. The molecule has 0 bridgehead atoms. The monoisotopic (exact) mass is 200 g/mol. The third kappa shape index (κ3) is 4.29. The van der Waals surface area contributed by atoms with Crippen LogP contribution in [0.3, 0.4) is 0 Å². The Labute approximate surface area is 82.0 Å². The molecule has 0 aliphatic carbocycles. The second-order valence-corrected chi connectivity index (χ2v) is 4.61. The highest BCUT2D eigenvalue weighted by atomic mass is 32.2. The van der Waals surface area contributed by atoms with Crippen LogP contribution < -0.4 is 0 Å². The summed E-state index contributed by atoms with van der Waals surface area (Å²) in [5.74, 6) is 0.331. The lowest BCUT2D eigenvalue weighted by Gasteiger charge is -2.15. The Bertz CT molecular complexity index is 280. The zero-order chi connectivity index (χ0) is 9.90. The normalized spacial score (nSPS) is 11.7. The van der Waals surface area contributed by atoms with E-state index in [0.717, 1.165) is 4.90 Å². The van der Waals surface area contributed by atoms with Crippen LogP contribution in [0.5, 0.6) is 0 Å². The van der Waals surface area contributed by atoms with Gasteiger partial charge in [0.1, 0.15) is 5.82 Å². The van der Waals surface area contributed by atoms with Crippen molar-refractivity contribution in [2.75, 3.05) is 5.75 Å². The Morgan fingerprint density at radius 2 is 2.15 bits per heavy atom. The van der Waals surface area contributed by atoms with Crippen molar-refractivity contribution in [3.63, 3.8) is 0 Å². The maximum atomic E-state index is 12.7. The molecule has 0 saturated carbocycles. The fourth-order valence-corrected chi connectivity index (χ4v) is 1.71. The van der Waals surface area contributed by atoms with Gasteiger partial charge in [0.15, 0.2) is 0 Å². The Hall–Kier alpha value is -0.540. The summed E-state index contributed by atoms with van der Waals surface area (Å²) in [6.45, 7) is 3.47. The molecule has 0 aromatic heterocycles. The molecule has 0 amide bonds. The highest BCUT2D eigenvalue weighted by Gasteiger charge is 2.12. The van der Waals surface area contributed by atoms with Gasteiger partial charge in [0, 0.05) is 10.6 Å². The van der Waals surface area contributed by atoms with E-state index in [0.29, 0.717) is 5.75 Å². The van der Waals surface area contributed by atoms with Crippen molar-refractivity contribution >= 4 is 11.8 Å². The van der Waals surface area contributed by atoms with Gasteiger partial charge in [-0.05, 0) is 32.0 Å². The van der Waals surface area contributed by atoms with Crippen LogP contribution in [-0.4, -0.2) is 16.5 Å². The van der Waals surface area contributed by atoms with Crippen LogP contribution >= 0.6 is 11.8 Å². The molecule has 1 aromatic carbocycles. The van der Waals surface area contributed by atoms with E-state index in [9.17, 15) is 9.50 Å². The summed E-state index contributed by atoms with van der Waals surface area (Å²) >= 11 is 1.45. The summed E-state index contributed by atoms with van der Waals surface area (Å²) in [7, 11) is 0. The minimum absolute atomic E-state index is 0.235. The molecular formula is C10H13FOS. The third-order valence-corrected chi connectivity index (χ3v) is 2.83. The minimum atomic E-state index is -0.711. The number of benzene rings is 1. The zero-order valence-corrected chi connectivity index (χ0v) is 8.57. The molecule has 0 saturated heterocycles. The van der Waals surface area contributed by atoms with E-state index < -0.39 is 5.60 Å². The summed E-state index contributed by atoms with van der Waals surface area (Å²) in [4.78, 5) is 0.849. The van der Waals surface area contributed by atoms with Crippen LogP contribution in [-0.2, 0) is 0 Å². The summed E-state index contributed by atoms with van der Waals surface area (Å²) in [6, 6.07) is 6.38. The molecule has 0 heterocycles. The van der Waals surface area contributed by atoms with E-state index in [4.69, 9.17) is 0 Å². The van der Waals surface area contributed by atoms with E-state index in [1.165, 1.54) is 23.9 Å². The number of hydrogen-bond donors (Lipinski definition) is 1. The van der Waals surface area contributed by atoms with Gasteiger partial charge in [-0.15, -0.1) is 11.8 Å². The van der Waals surface area contributed by atoms with Crippen LogP contribution in [0.4, 0.5) is 4.39 Å². The lowest BCUT2D eigenvalue weighted by atomic mass is 10.2. The van der Waals surface area contributed by atoms with Gasteiger partial charge >= 0.3 is 0 Å². The van der Waals surface area contributed by atoms with E-state index in [1.54, 1.807) is 19.9 Å². The second-order valence-electron chi connectivity index (χ2n) is 3.56. The van der Waals surface area contributed by atoms with Crippen molar-refractivity contribution in [2.24, 2.45) is 0 Å². The van der Waals surface area contributed by atoms with Gasteiger partial charge in [0.05, 0.1) is 5.60 Å². The first-order chi connectivity index (χ1) is 5.97. The first-order valence-electron chi connectivity index (χ1n) is 4.08. The highest BCUT2D eigenvalue weighted by Crippen LogP contribution is 2.22. The zero-order valence-electron chi connectivity index (χ0n) is 7.75. The first-order valence-corrected chi connectivity index (χ1v) is 5.07.